The van der Waals surface area contributed by atoms with Crippen LogP contribution in [0.5, 0.6) is 0 Å². The predicted octanol–water partition coefficient (Wildman–Crippen LogP) is 1.50. The quantitative estimate of drug-likeness (QED) is 0.767. The molecule has 1 aliphatic heterocycles. The molecule has 4 N–H and O–H groups in total. The van der Waals surface area contributed by atoms with Crippen LogP contribution in [0.4, 0.5) is 11.4 Å². The molecule has 1 atom stereocenters. The Morgan fingerprint density at radius 1 is 1.27 bits per heavy atom. The van der Waals surface area contributed by atoms with E-state index in [1.165, 1.54) is 18.6 Å². The van der Waals surface area contributed by atoms with Gasteiger partial charge in [-0.25, -0.2) is 5.10 Å². The summed E-state index contributed by atoms with van der Waals surface area (Å²) in [7, 11) is 0. The zero-order valence-corrected chi connectivity index (χ0v) is 14.5. The van der Waals surface area contributed by atoms with Gasteiger partial charge in [-0.05, 0) is 50.5 Å². The van der Waals surface area contributed by atoms with Gasteiger partial charge < -0.3 is 16.0 Å². The average molecular weight is 355 g/mol. The van der Waals surface area contributed by atoms with Crippen LogP contribution in [0.2, 0.25) is 0 Å². The molecule has 2 aromatic rings. The number of aromatic nitrogens is 2. The van der Waals surface area contributed by atoms with Gasteiger partial charge in [-0.1, -0.05) is 0 Å². The van der Waals surface area contributed by atoms with Crippen molar-refractivity contribution in [3.05, 3.63) is 51.9 Å². The van der Waals surface area contributed by atoms with E-state index in [0.29, 0.717) is 17.3 Å². The summed E-state index contributed by atoms with van der Waals surface area (Å²) in [6.45, 7) is 3.01. The summed E-state index contributed by atoms with van der Waals surface area (Å²) in [4.78, 5) is 37.4. The highest BCUT2D eigenvalue weighted by molar-refractivity contribution is 6.06. The number of hydrogen-bond acceptors (Lipinski definition) is 5. The van der Waals surface area contributed by atoms with E-state index in [4.69, 9.17) is 5.73 Å². The van der Waals surface area contributed by atoms with Gasteiger partial charge in [0.15, 0.2) is 0 Å². The van der Waals surface area contributed by atoms with Crippen LogP contribution in [0, 0.1) is 0 Å². The fourth-order valence-electron chi connectivity index (χ4n) is 3.15. The second-order valence-electron chi connectivity index (χ2n) is 6.39. The standard InChI is InChI=1S/C18H21N5O3/c1-11-4-2-3-9-23(11)15-7-5-12(17(19)25)10-14(15)20-18(26)13-6-8-16(24)22-21-13/h5-8,10-11H,2-4,9H2,1H3,(H2,19,25)(H,20,26)(H,22,24)/t11-/m1/s1. The van der Waals surface area contributed by atoms with Gasteiger partial charge in [-0.15, -0.1) is 0 Å². The number of anilines is 2. The van der Waals surface area contributed by atoms with E-state index in [2.05, 4.69) is 27.3 Å². The molecule has 1 fully saturated rings. The molecule has 8 nitrogen and oxygen atoms in total. The van der Waals surface area contributed by atoms with Crippen LogP contribution >= 0.6 is 0 Å². The van der Waals surface area contributed by atoms with Gasteiger partial charge >= 0.3 is 0 Å². The highest BCUT2D eigenvalue weighted by atomic mass is 16.2. The molecule has 0 bridgehead atoms. The van der Waals surface area contributed by atoms with Crippen molar-refractivity contribution >= 4 is 23.2 Å². The number of nitrogens with one attached hydrogen (secondary N) is 2. The van der Waals surface area contributed by atoms with Crippen LogP contribution < -0.4 is 21.5 Å². The molecule has 3 rings (SSSR count). The number of carbonyl (C=O) groups excluding carboxylic acids is 2. The van der Waals surface area contributed by atoms with Crippen LogP contribution in [0.25, 0.3) is 0 Å². The summed E-state index contributed by atoms with van der Waals surface area (Å²) in [5.41, 5.74) is 6.70. The highest BCUT2D eigenvalue weighted by Gasteiger charge is 2.23. The molecule has 2 amide bonds. The molecular formula is C18H21N5O3. The fourth-order valence-corrected chi connectivity index (χ4v) is 3.15. The molecule has 0 radical (unpaired) electrons. The van der Waals surface area contributed by atoms with Gasteiger partial charge in [0.25, 0.3) is 11.5 Å². The Bertz CT molecular complexity index is 872. The zero-order chi connectivity index (χ0) is 18.7. The Morgan fingerprint density at radius 2 is 2.08 bits per heavy atom. The predicted molar refractivity (Wildman–Crippen MR) is 98.4 cm³/mol. The Morgan fingerprint density at radius 3 is 2.73 bits per heavy atom. The molecule has 0 spiro atoms. The molecule has 1 aromatic carbocycles. The average Bonchev–Trinajstić information content (AvgIpc) is 2.63. The number of primary amides is 1. The topological polar surface area (TPSA) is 121 Å². The Labute approximate surface area is 150 Å². The van der Waals surface area contributed by atoms with E-state index in [9.17, 15) is 14.4 Å². The van der Waals surface area contributed by atoms with Crippen molar-refractivity contribution in [1.29, 1.82) is 0 Å². The number of rotatable bonds is 4. The van der Waals surface area contributed by atoms with Crippen molar-refractivity contribution in [2.75, 3.05) is 16.8 Å². The van der Waals surface area contributed by atoms with Gasteiger partial charge in [0, 0.05) is 24.2 Å². The molecule has 0 aliphatic carbocycles. The van der Waals surface area contributed by atoms with Crippen LogP contribution in [-0.2, 0) is 0 Å². The van der Waals surface area contributed by atoms with Gasteiger partial charge in [0.2, 0.25) is 5.91 Å². The molecule has 8 heteroatoms. The number of nitrogens with two attached hydrogens (primary N) is 1. The summed E-state index contributed by atoms with van der Waals surface area (Å²) in [6, 6.07) is 7.93. The highest BCUT2D eigenvalue weighted by Crippen LogP contribution is 2.32. The van der Waals surface area contributed by atoms with Crippen molar-refractivity contribution in [2.24, 2.45) is 5.73 Å². The number of nitrogens with zero attached hydrogens (tertiary/aromatic N) is 2. The van der Waals surface area contributed by atoms with E-state index in [0.717, 1.165) is 25.1 Å². The molecule has 1 aliphatic rings. The lowest BCUT2D eigenvalue weighted by Crippen LogP contribution is -2.38. The number of carbonyl (C=O) groups is 2. The minimum Gasteiger partial charge on any atom is -0.367 e. The van der Waals surface area contributed by atoms with Gasteiger partial charge in [0.1, 0.15) is 5.69 Å². The van der Waals surface area contributed by atoms with Crippen molar-refractivity contribution < 1.29 is 9.59 Å². The zero-order valence-electron chi connectivity index (χ0n) is 14.5. The van der Waals surface area contributed by atoms with Crippen LogP contribution in [0.15, 0.2) is 35.1 Å². The normalized spacial score (nSPS) is 17.0. The molecular weight excluding hydrogens is 334 g/mol. The minimum atomic E-state index is -0.569. The maximum Gasteiger partial charge on any atom is 0.276 e. The summed E-state index contributed by atoms with van der Waals surface area (Å²) in [6.07, 6.45) is 3.29. The van der Waals surface area contributed by atoms with Crippen LogP contribution in [0.1, 0.15) is 47.0 Å². The smallest absolute Gasteiger partial charge is 0.276 e. The molecule has 26 heavy (non-hydrogen) atoms. The fraction of sp³-hybridized carbons (Fsp3) is 0.333. The Kier molecular flexibility index (Phi) is 5.01. The first-order valence-electron chi connectivity index (χ1n) is 8.53. The lowest BCUT2D eigenvalue weighted by molar-refractivity contribution is 0.0995. The third kappa shape index (κ3) is 3.74. The molecule has 0 unspecified atom stereocenters. The van der Waals surface area contributed by atoms with E-state index in [1.54, 1.807) is 18.2 Å². The summed E-state index contributed by atoms with van der Waals surface area (Å²) >= 11 is 0. The monoisotopic (exact) mass is 355 g/mol. The first-order valence-corrected chi connectivity index (χ1v) is 8.53. The van der Waals surface area contributed by atoms with E-state index >= 15 is 0 Å². The van der Waals surface area contributed by atoms with E-state index in [1.807, 2.05) is 0 Å². The first-order chi connectivity index (χ1) is 12.5. The lowest BCUT2D eigenvalue weighted by Gasteiger charge is -2.36. The van der Waals surface area contributed by atoms with Crippen LogP contribution in [-0.4, -0.2) is 34.6 Å². The molecule has 136 valence electrons. The third-order valence-electron chi connectivity index (χ3n) is 4.55. The van der Waals surface area contributed by atoms with Crippen molar-refractivity contribution in [3.8, 4) is 0 Å². The maximum absolute atomic E-state index is 12.5. The number of aromatic amines is 1. The summed E-state index contributed by atoms with van der Waals surface area (Å²) < 4.78 is 0. The molecule has 1 saturated heterocycles. The minimum absolute atomic E-state index is 0.0757. The first kappa shape index (κ1) is 17.7. The largest absolute Gasteiger partial charge is 0.367 e. The van der Waals surface area contributed by atoms with Gasteiger partial charge in [0.05, 0.1) is 11.4 Å². The van der Waals surface area contributed by atoms with E-state index < -0.39 is 11.8 Å². The number of hydrogen-bond donors (Lipinski definition) is 3. The lowest BCUT2D eigenvalue weighted by atomic mass is 10.0. The Hall–Kier alpha value is -3.16. The van der Waals surface area contributed by atoms with Gasteiger partial charge in [-0.3, -0.25) is 14.4 Å². The van der Waals surface area contributed by atoms with Gasteiger partial charge in [-0.2, -0.15) is 5.10 Å². The van der Waals surface area contributed by atoms with E-state index in [-0.39, 0.29) is 11.3 Å². The van der Waals surface area contributed by atoms with Crippen molar-refractivity contribution in [1.82, 2.24) is 10.2 Å². The number of benzene rings is 1. The third-order valence-corrected chi connectivity index (χ3v) is 4.55. The van der Waals surface area contributed by atoms with Crippen LogP contribution in [0.3, 0.4) is 0 Å². The van der Waals surface area contributed by atoms with Crippen molar-refractivity contribution in [2.45, 2.75) is 32.2 Å². The molecule has 2 heterocycles. The summed E-state index contributed by atoms with van der Waals surface area (Å²) in [5, 5.41) is 8.75. The number of amides is 2. The molecule has 1 aromatic heterocycles. The second-order valence-corrected chi connectivity index (χ2v) is 6.39. The summed E-state index contributed by atoms with van der Waals surface area (Å²) in [5.74, 6) is -1.05. The SMILES string of the molecule is C[C@@H]1CCCCN1c1ccc(C(N)=O)cc1NC(=O)c1ccc(=O)[nH]n1. The maximum atomic E-state index is 12.5. The number of piperidine rings is 1. The molecule has 0 saturated carbocycles. The number of H-pyrrole nitrogens is 1. The van der Waals surface area contributed by atoms with Crippen molar-refractivity contribution in [3.63, 3.8) is 0 Å². The Balaban J connectivity index is 1.95. The second kappa shape index (κ2) is 7.38.